The second-order valence-corrected chi connectivity index (χ2v) is 3.19. The molecule has 1 aromatic carbocycles. The Balaban J connectivity index is 2.52. The van der Waals surface area contributed by atoms with Gasteiger partial charge in [-0.25, -0.2) is 9.37 Å². The number of aromatic nitrogens is 1. The van der Waals surface area contributed by atoms with E-state index in [4.69, 9.17) is 4.42 Å². The first-order valence-corrected chi connectivity index (χ1v) is 4.44. The molecule has 2 aromatic rings. The molecule has 0 N–H and O–H groups in total. The average Bonchev–Trinajstić information content (AvgIpc) is 2.64. The van der Waals surface area contributed by atoms with Gasteiger partial charge in [0.2, 0.25) is 0 Å². The van der Waals surface area contributed by atoms with Crippen LogP contribution in [0.3, 0.4) is 0 Å². The van der Waals surface area contributed by atoms with E-state index in [9.17, 15) is 14.5 Å². The summed E-state index contributed by atoms with van der Waals surface area (Å²) in [6.07, 6.45) is 1.20. The van der Waals surface area contributed by atoms with Gasteiger partial charge in [0.25, 0.3) is 5.69 Å². The highest BCUT2D eigenvalue weighted by Crippen LogP contribution is 2.27. The van der Waals surface area contributed by atoms with Gasteiger partial charge in [-0.1, -0.05) is 0 Å². The van der Waals surface area contributed by atoms with Crippen molar-refractivity contribution in [2.45, 2.75) is 6.92 Å². The summed E-state index contributed by atoms with van der Waals surface area (Å²) in [4.78, 5) is 13.6. The fourth-order valence-electron chi connectivity index (χ4n) is 1.36. The number of nitrogens with zero attached hydrogens (tertiary/aromatic N) is 2. The largest absolute Gasteiger partial charge is 0.443 e. The molecule has 5 nitrogen and oxygen atoms in total. The van der Waals surface area contributed by atoms with Crippen LogP contribution in [0.25, 0.3) is 11.3 Å². The second kappa shape index (κ2) is 3.73. The molecule has 0 saturated heterocycles. The Bertz CT molecular complexity index is 551. The Morgan fingerprint density at radius 3 is 2.75 bits per heavy atom. The van der Waals surface area contributed by atoms with Crippen molar-refractivity contribution in [1.82, 2.24) is 4.98 Å². The third-order valence-corrected chi connectivity index (χ3v) is 2.15. The number of nitro benzene ring substituents is 1. The molecule has 2 rings (SSSR count). The van der Waals surface area contributed by atoms with Crippen LogP contribution in [0.5, 0.6) is 0 Å². The van der Waals surface area contributed by atoms with Crippen molar-refractivity contribution in [3.8, 4) is 11.3 Å². The van der Waals surface area contributed by atoms with Gasteiger partial charge in [0.15, 0.2) is 12.2 Å². The van der Waals surface area contributed by atoms with E-state index in [0.29, 0.717) is 5.69 Å². The van der Waals surface area contributed by atoms with E-state index in [1.165, 1.54) is 18.5 Å². The average molecular weight is 222 g/mol. The van der Waals surface area contributed by atoms with Crippen LogP contribution in [0, 0.1) is 22.9 Å². The Labute approximate surface area is 89.7 Å². The lowest BCUT2D eigenvalue weighted by Crippen LogP contribution is -1.91. The first-order valence-electron chi connectivity index (χ1n) is 4.44. The summed E-state index contributed by atoms with van der Waals surface area (Å²) >= 11 is 0. The molecule has 0 spiro atoms. The van der Waals surface area contributed by atoms with Gasteiger partial charge in [0, 0.05) is 6.07 Å². The predicted octanol–water partition coefficient (Wildman–Crippen LogP) is 2.70. The van der Waals surface area contributed by atoms with E-state index in [2.05, 4.69) is 4.98 Å². The Morgan fingerprint density at radius 2 is 2.25 bits per heavy atom. The highest BCUT2D eigenvalue weighted by Gasteiger charge is 2.15. The number of aryl methyl sites for hydroxylation is 1. The van der Waals surface area contributed by atoms with E-state index in [1.54, 1.807) is 6.92 Å². The number of non-ortho nitro benzene ring substituents is 1. The van der Waals surface area contributed by atoms with Crippen molar-refractivity contribution in [2.24, 2.45) is 0 Å². The molecule has 82 valence electrons. The summed E-state index contributed by atoms with van der Waals surface area (Å²) in [5.74, 6) is -0.415. The van der Waals surface area contributed by atoms with Crippen molar-refractivity contribution in [3.63, 3.8) is 0 Å². The van der Waals surface area contributed by atoms with E-state index in [1.807, 2.05) is 0 Å². The molecule has 6 heteroatoms. The standard InChI is InChI=1S/C10H7FN2O3/c1-6-10(16-5-12-6)8-3-2-7(13(14)15)4-9(8)11/h2-5H,1H3. The minimum atomic E-state index is -0.700. The summed E-state index contributed by atoms with van der Waals surface area (Å²) in [6.45, 7) is 1.67. The first-order chi connectivity index (χ1) is 7.59. The number of hydrogen-bond donors (Lipinski definition) is 0. The molecule has 16 heavy (non-hydrogen) atoms. The summed E-state index contributed by atoms with van der Waals surface area (Å²) in [5.41, 5.74) is 0.409. The highest BCUT2D eigenvalue weighted by molar-refractivity contribution is 5.62. The van der Waals surface area contributed by atoms with E-state index in [-0.39, 0.29) is 17.0 Å². The van der Waals surface area contributed by atoms with Gasteiger partial charge in [-0.05, 0) is 13.0 Å². The van der Waals surface area contributed by atoms with E-state index >= 15 is 0 Å². The minimum absolute atomic E-state index is 0.167. The normalized spacial score (nSPS) is 10.4. The van der Waals surface area contributed by atoms with Crippen LogP contribution < -0.4 is 0 Å². The zero-order valence-electron chi connectivity index (χ0n) is 8.31. The zero-order chi connectivity index (χ0) is 11.7. The van der Waals surface area contributed by atoms with Gasteiger partial charge in [0.05, 0.1) is 22.2 Å². The molecule has 0 aliphatic carbocycles. The third-order valence-electron chi connectivity index (χ3n) is 2.15. The Kier molecular flexibility index (Phi) is 2.40. The van der Waals surface area contributed by atoms with Crippen molar-refractivity contribution >= 4 is 5.69 Å². The summed E-state index contributed by atoms with van der Waals surface area (Å²) in [5, 5.41) is 10.4. The number of rotatable bonds is 2. The number of halogens is 1. The second-order valence-electron chi connectivity index (χ2n) is 3.19. The lowest BCUT2D eigenvalue weighted by Gasteiger charge is -1.99. The van der Waals surface area contributed by atoms with Crippen molar-refractivity contribution in [1.29, 1.82) is 0 Å². The minimum Gasteiger partial charge on any atom is -0.443 e. The van der Waals surface area contributed by atoms with Gasteiger partial charge < -0.3 is 4.42 Å². The first kappa shape index (κ1) is 10.3. The van der Waals surface area contributed by atoms with Gasteiger partial charge in [-0.3, -0.25) is 10.1 Å². The number of hydrogen-bond acceptors (Lipinski definition) is 4. The fraction of sp³-hybridized carbons (Fsp3) is 0.100. The summed E-state index contributed by atoms with van der Waals surface area (Å²) in [6, 6.07) is 3.39. The number of benzene rings is 1. The molecule has 1 aromatic heterocycles. The van der Waals surface area contributed by atoms with Crippen molar-refractivity contribution in [2.75, 3.05) is 0 Å². The molecule has 0 atom stereocenters. The molecule has 0 aliphatic rings. The molecule has 0 amide bonds. The molecule has 1 heterocycles. The molecule has 0 radical (unpaired) electrons. The van der Waals surface area contributed by atoms with Gasteiger partial charge in [-0.15, -0.1) is 0 Å². The molecule has 0 aliphatic heterocycles. The van der Waals surface area contributed by atoms with E-state index < -0.39 is 10.7 Å². The Morgan fingerprint density at radius 1 is 1.50 bits per heavy atom. The molecule has 0 fully saturated rings. The van der Waals surface area contributed by atoms with Gasteiger partial charge in [-0.2, -0.15) is 0 Å². The van der Waals surface area contributed by atoms with Gasteiger partial charge >= 0.3 is 0 Å². The maximum atomic E-state index is 13.6. The quantitative estimate of drug-likeness (QED) is 0.578. The molecule has 0 unspecified atom stereocenters. The lowest BCUT2D eigenvalue weighted by atomic mass is 10.1. The van der Waals surface area contributed by atoms with Crippen molar-refractivity contribution in [3.05, 3.63) is 46.2 Å². The van der Waals surface area contributed by atoms with Crippen LogP contribution in [-0.2, 0) is 0 Å². The third kappa shape index (κ3) is 1.65. The van der Waals surface area contributed by atoms with E-state index in [0.717, 1.165) is 6.07 Å². The number of nitro groups is 1. The fourth-order valence-corrected chi connectivity index (χ4v) is 1.36. The van der Waals surface area contributed by atoms with Crippen LogP contribution in [0.15, 0.2) is 29.0 Å². The maximum Gasteiger partial charge on any atom is 0.272 e. The van der Waals surface area contributed by atoms with Crippen LogP contribution in [-0.4, -0.2) is 9.91 Å². The van der Waals surface area contributed by atoms with Crippen LogP contribution in [0.1, 0.15) is 5.69 Å². The highest BCUT2D eigenvalue weighted by atomic mass is 19.1. The summed E-state index contributed by atoms with van der Waals surface area (Å²) in [7, 11) is 0. The molecule has 0 saturated carbocycles. The lowest BCUT2D eigenvalue weighted by molar-refractivity contribution is -0.385. The molecular formula is C10H7FN2O3. The predicted molar refractivity (Wildman–Crippen MR) is 53.3 cm³/mol. The maximum absolute atomic E-state index is 13.6. The monoisotopic (exact) mass is 222 g/mol. The van der Waals surface area contributed by atoms with Crippen LogP contribution in [0.4, 0.5) is 10.1 Å². The number of oxazole rings is 1. The van der Waals surface area contributed by atoms with Gasteiger partial charge in [0.1, 0.15) is 5.82 Å². The van der Waals surface area contributed by atoms with Crippen molar-refractivity contribution < 1.29 is 13.7 Å². The molecular weight excluding hydrogens is 215 g/mol. The summed E-state index contributed by atoms with van der Waals surface area (Å²) < 4.78 is 18.6. The topological polar surface area (TPSA) is 69.2 Å². The SMILES string of the molecule is Cc1ncoc1-c1ccc([N+](=O)[O-])cc1F. The molecule has 0 bridgehead atoms. The van der Waals surface area contributed by atoms with Crippen LogP contribution in [0.2, 0.25) is 0 Å². The van der Waals surface area contributed by atoms with Crippen LogP contribution >= 0.6 is 0 Å². The zero-order valence-corrected chi connectivity index (χ0v) is 8.31. The smallest absolute Gasteiger partial charge is 0.272 e. The Hall–Kier alpha value is -2.24.